The molecule has 0 aromatic heterocycles. The van der Waals surface area contributed by atoms with Gasteiger partial charge in [0.2, 0.25) is 10.0 Å². The average Bonchev–Trinajstić information content (AvgIpc) is 2.78. The Labute approximate surface area is 186 Å². The Bertz CT molecular complexity index is 1090. The highest BCUT2D eigenvalue weighted by Crippen LogP contribution is 2.34. The van der Waals surface area contributed by atoms with E-state index in [0.29, 0.717) is 38.2 Å². The summed E-state index contributed by atoms with van der Waals surface area (Å²) >= 11 is 0. The molecule has 1 aliphatic heterocycles. The summed E-state index contributed by atoms with van der Waals surface area (Å²) in [5, 5.41) is 0. The lowest BCUT2D eigenvalue weighted by atomic mass is 10.0. The molecule has 32 heavy (non-hydrogen) atoms. The lowest BCUT2D eigenvalue weighted by molar-refractivity contribution is -0.0512. The number of amides is 1. The lowest BCUT2D eigenvalue weighted by Gasteiger charge is -2.30. The molecule has 0 fully saturated rings. The van der Waals surface area contributed by atoms with Crippen LogP contribution in [0.3, 0.4) is 0 Å². The van der Waals surface area contributed by atoms with Crippen molar-refractivity contribution in [1.29, 1.82) is 0 Å². The molecule has 1 amide bonds. The molecule has 0 unspecified atom stereocenters. The van der Waals surface area contributed by atoms with Gasteiger partial charge >= 0.3 is 6.61 Å². The monoisotopic (exact) mass is 468 g/mol. The predicted molar refractivity (Wildman–Crippen MR) is 116 cm³/mol. The van der Waals surface area contributed by atoms with E-state index in [1.54, 1.807) is 30.9 Å². The summed E-state index contributed by atoms with van der Waals surface area (Å²) in [5.74, 6) is -0.481. The van der Waals surface area contributed by atoms with Crippen molar-refractivity contribution in [2.24, 2.45) is 0 Å². The topological polar surface area (TPSA) is 76.2 Å². The van der Waals surface area contributed by atoms with Gasteiger partial charge in [-0.25, -0.2) is 8.42 Å². The summed E-state index contributed by atoms with van der Waals surface area (Å²) in [5.41, 5.74) is 1.64. The maximum Gasteiger partial charge on any atom is 0.387 e. The zero-order chi connectivity index (χ0) is 23.5. The van der Waals surface area contributed by atoms with Crippen LogP contribution in [0.1, 0.15) is 36.2 Å². The third kappa shape index (κ3) is 4.71. The fraction of sp³-hybridized carbons (Fsp3) is 0.409. The average molecular weight is 469 g/mol. The summed E-state index contributed by atoms with van der Waals surface area (Å²) in [4.78, 5) is 15.0. The fourth-order valence-corrected chi connectivity index (χ4v) is 5.32. The van der Waals surface area contributed by atoms with Crippen LogP contribution in [-0.2, 0) is 16.4 Å². The molecule has 1 aliphatic rings. The van der Waals surface area contributed by atoms with Gasteiger partial charge in [-0.3, -0.25) is 4.79 Å². The van der Waals surface area contributed by atoms with Crippen LogP contribution in [0.15, 0.2) is 41.3 Å². The number of rotatable bonds is 8. The Kier molecular flexibility index (Phi) is 7.35. The molecule has 0 saturated heterocycles. The Morgan fingerprint density at radius 3 is 2.47 bits per heavy atom. The molecule has 0 spiro atoms. The van der Waals surface area contributed by atoms with Crippen LogP contribution in [0.5, 0.6) is 11.5 Å². The van der Waals surface area contributed by atoms with Crippen LogP contribution in [0, 0.1) is 0 Å². The molecular weight excluding hydrogens is 442 g/mol. The largest absolute Gasteiger partial charge is 0.493 e. The van der Waals surface area contributed by atoms with Crippen molar-refractivity contribution in [2.45, 2.75) is 38.2 Å². The van der Waals surface area contributed by atoms with Crippen molar-refractivity contribution in [3.8, 4) is 11.5 Å². The second-order valence-electron chi connectivity index (χ2n) is 7.18. The van der Waals surface area contributed by atoms with Gasteiger partial charge in [-0.05, 0) is 54.8 Å². The molecule has 2 aromatic rings. The number of ether oxygens (including phenoxy) is 2. The van der Waals surface area contributed by atoms with Gasteiger partial charge in [0.25, 0.3) is 5.91 Å². The summed E-state index contributed by atoms with van der Waals surface area (Å²) < 4.78 is 61.7. The molecule has 0 atom stereocenters. The Balaban J connectivity index is 1.93. The smallest absolute Gasteiger partial charge is 0.387 e. The van der Waals surface area contributed by atoms with Crippen molar-refractivity contribution < 1.29 is 31.5 Å². The van der Waals surface area contributed by atoms with Crippen molar-refractivity contribution in [3.63, 3.8) is 0 Å². The highest BCUT2D eigenvalue weighted by molar-refractivity contribution is 7.89. The predicted octanol–water partition coefficient (Wildman–Crippen LogP) is 3.92. The molecule has 0 radical (unpaired) electrons. The maximum atomic E-state index is 13.2. The quantitative estimate of drug-likeness (QED) is 0.587. The zero-order valence-corrected chi connectivity index (χ0v) is 19.0. The number of fused-ring (bicyclic) bond motifs is 1. The highest BCUT2D eigenvalue weighted by atomic mass is 32.2. The van der Waals surface area contributed by atoms with Crippen molar-refractivity contribution in [3.05, 3.63) is 47.5 Å². The van der Waals surface area contributed by atoms with Crippen LogP contribution in [-0.4, -0.2) is 52.0 Å². The minimum atomic E-state index is -3.61. The molecule has 0 N–H and O–H groups in total. The van der Waals surface area contributed by atoms with E-state index < -0.39 is 16.6 Å². The second kappa shape index (κ2) is 9.83. The molecule has 0 bridgehead atoms. The number of sulfonamides is 1. The molecule has 10 heteroatoms. The van der Waals surface area contributed by atoms with Gasteiger partial charge < -0.3 is 14.4 Å². The van der Waals surface area contributed by atoms with Crippen molar-refractivity contribution in [1.82, 2.24) is 4.31 Å². The van der Waals surface area contributed by atoms with Gasteiger partial charge in [0.05, 0.1) is 12.0 Å². The van der Waals surface area contributed by atoms with Gasteiger partial charge in [0.1, 0.15) is 0 Å². The summed E-state index contributed by atoms with van der Waals surface area (Å²) in [6.45, 7) is 1.74. The van der Waals surface area contributed by atoms with E-state index in [2.05, 4.69) is 4.74 Å². The zero-order valence-electron chi connectivity index (χ0n) is 18.2. The molecule has 174 valence electrons. The summed E-state index contributed by atoms with van der Waals surface area (Å²) in [6, 6.07) is 8.81. The number of methoxy groups -OCH3 is 1. The van der Waals surface area contributed by atoms with Gasteiger partial charge in [0, 0.05) is 30.9 Å². The molecule has 2 aromatic carbocycles. The molecule has 3 rings (SSSR count). The number of carbonyl (C=O) groups excluding carboxylic acids is 1. The maximum absolute atomic E-state index is 13.2. The lowest BCUT2D eigenvalue weighted by Crippen LogP contribution is -2.36. The number of nitrogens with zero attached hydrogens (tertiary/aromatic N) is 2. The molecule has 0 aliphatic carbocycles. The first-order valence-electron chi connectivity index (χ1n) is 10.3. The van der Waals surface area contributed by atoms with E-state index in [0.717, 1.165) is 5.56 Å². The number of halogens is 2. The second-order valence-corrected chi connectivity index (χ2v) is 9.12. The van der Waals surface area contributed by atoms with Gasteiger partial charge in [-0.2, -0.15) is 13.1 Å². The number of benzene rings is 2. The number of hydrogen-bond acceptors (Lipinski definition) is 5. The third-order valence-corrected chi connectivity index (χ3v) is 7.43. The number of anilines is 1. The minimum Gasteiger partial charge on any atom is -0.493 e. The van der Waals surface area contributed by atoms with Crippen LogP contribution < -0.4 is 14.4 Å². The number of carbonyl (C=O) groups is 1. The SMILES string of the molecule is CCN(CC)S(=O)(=O)c1ccc2c(c1)CCCN2C(=O)c1ccc(OC(F)F)c(OC)c1. The van der Waals surface area contributed by atoms with Crippen molar-refractivity contribution in [2.75, 3.05) is 31.6 Å². The Morgan fingerprint density at radius 2 is 1.84 bits per heavy atom. The first-order valence-corrected chi connectivity index (χ1v) is 11.7. The van der Waals surface area contributed by atoms with E-state index in [9.17, 15) is 22.0 Å². The summed E-state index contributed by atoms with van der Waals surface area (Å²) in [7, 11) is -2.31. The summed E-state index contributed by atoms with van der Waals surface area (Å²) in [6.07, 6.45) is 1.31. The number of aryl methyl sites for hydroxylation is 1. The third-order valence-electron chi connectivity index (χ3n) is 5.38. The van der Waals surface area contributed by atoms with Crippen molar-refractivity contribution >= 4 is 21.6 Å². The van der Waals surface area contributed by atoms with E-state index in [4.69, 9.17) is 4.74 Å². The molecular formula is C22H26F2N2O5S. The first-order chi connectivity index (χ1) is 15.2. The molecule has 7 nitrogen and oxygen atoms in total. The Morgan fingerprint density at radius 1 is 1.12 bits per heavy atom. The van der Waals surface area contributed by atoms with Crippen LogP contribution in [0.25, 0.3) is 0 Å². The van der Waals surface area contributed by atoms with Crippen LogP contribution in [0.4, 0.5) is 14.5 Å². The van der Waals surface area contributed by atoms with Gasteiger partial charge in [-0.1, -0.05) is 13.8 Å². The Hall–Kier alpha value is -2.72. The van der Waals surface area contributed by atoms with E-state index in [-0.39, 0.29) is 27.9 Å². The van der Waals surface area contributed by atoms with E-state index in [1.807, 2.05) is 0 Å². The van der Waals surface area contributed by atoms with Gasteiger partial charge in [0.15, 0.2) is 11.5 Å². The molecule has 0 saturated carbocycles. The first kappa shape index (κ1) is 23.9. The highest BCUT2D eigenvalue weighted by Gasteiger charge is 2.28. The van der Waals surface area contributed by atoms with Gasteiger partial charge in [-0.15, -0.1) is 0 Å². The standard InChI is InChI=1S/C22H26F2N2O5S/c1-4-25(5-2)32(28,29)17-9-10-18-15(13-17)7-6-12-26(18)21(27)16-8-11-19(31-22(23)24)20(14-16)30-3/h8-11,13-14,22H,4-7,12H2,1-3H3. The van der Waals surface area contributed by atoms with Crippen LogP contribution >= 0.6 is 0 Å². The number of hydrogen-bond donors (Lipinski definition) is 0. The fourth-order valence-electron chi connectivity index (χ4n) is 3.81. The van der Waals surface area contributed by atoms with E-state index in [1.165, 1.54) is 35.7 Å². The normalized spacial score (nSPS) is 13.9. The minimum absolute atomic E-state index is 0.0223. The molecule has 1 heterocycles. The van der Waals surface area contributed by atoms with E-state index >= 15 is 0 Å². The van der Waals surface area contributed by atoms with Crippen LogP contribution in [0.2, 0.25) is 0 Å². The number of alkyl halides is 2.